The molecular weight excluding hydrogens is 757 g/mol. The zero-order valence-electron chi connectivity index (χ0n) is 27.5. The van der Waals surface area contributed by atoms with Crippen LogP contribution >= 0.6 is 15.6 Å². The maximum Gasteiger partial charge on any atom is 0.481 e. The molecule has 2 aromatic heterocycles. The molecule has 26 heteroatoms. The van der Waals surface area contributed by atoms with Gasteiger partial charge in [-0.2, -0.15) is 9.29 Å². The molecule has 24 nitrogen and oxygen atoms in total. The number of aliphatic hydroxyl groups is 5. The summed E-state index contributed by atoms with van der Waals surface area (Å²) in [5.74, 6) is -0.212. The number of aromatic nitrogens is 8. The molecule has 286 valence electrons. The fraction of sp³-hybridized carbons (Fsp3) is 0.444. The Morgan fingerprint density at radius 1 is 0.981 bits per heavy atom. The average molecular weight is 791 g/mol. The van der Waals surface area contributed by atoms with Crippen molar-refractivity contribution in [3.63, 3.8) is 0 Å². The lowest BCUT2D eigenvalue weighted by Gasteiger charge is -2.26. The van der Waals surface area contributed by atoms with Crippen molar-refractivity contribution in [2.75, 3.05) is 18.9 Å². The fourth-order valence-electron chi connectivity index (χ4n) is 5.55. The largest absolute Gasteiger partial charge is 0.481 e. The number of phosphoric acid groups is 2. The predicted octanol–water partition coefficient (Wildman–Crippen LogP) is -2.42. The first-order valence-corrected chi connectivity index (χ1v) is 18.4. The third kappa shape index (κ3) is 7.91. The first kappa shape index (κ1) is 38.6. The number of hydrogen-bond donors (Lipinski definition) is 9. The van der Waals surface area contributed by atoms with Crippen molar-refractivity contribution in [2.24, 2.45) is 0 Å². The van der Waals surface area contributed by atoms with Gasteiger partial charge in [0.2, 0.25) is 0 Å². The van der Waals surface area contributed by atoms with E-state index in [1.165, 1.54) is 15.5 Å². The summed E-state index contributed by atoms with van der Waals surface area (Å²) < 4.78 is 46.6. The molecule has 1 saturated heterocycles. The summed E-state index contributed by atoms with van der Waals surface area (Å²) in [7, 11) is -11.0. The molecule has 10 N–H and O–H groups in total. The van der Waals surface area contributed by atoms with Crippen LogP contribution in [0.15, 0.2) is 34.4 Å². The van der Waals surface area contributed by atoms with Crippen molar-refractivity contribution in [3.05, 3.63) is 56.8 Å². The van der Waals surface area contributed by atoms with Gasteiger partial charge in [0.25, 0.3) is 5.56 Å². The molecule has 0 saturated carbocycles. The van der Waals surface area contributed by atoms with Crippen LogP contribution in [-0.2, 0) is 33.8 Å². The van der Waals surface area contributed by atoms with E-state index in [2.05, 4.69) is 33.8 Å². The van der Waals surface area contributed by atoms with Crippen molar-refractivity contribution in [1.29, 1.82) is 0 Å². The van der Waals surface area contributed by atoms with Gasteiger partial charge in [-0.15, -0.1) is 0 Å². The molecule has 3 aliphatic rings. The molecule has 5 heterocycles. The minimum absolute atomic E-state index is 0.0293. The molecular formula is C27H33N9O15P2. The van der Waals surface area contributed by atoms with Gasteiger partial charge in [-0.25, -0.2) is 33.9 Å². The summed E-state index contributed by atoms with van der Waals surface area (Å²) in [4.78, 5) is 66.6. The average Bonchev–Trinajstić information content (AvgIpc) is 3.63. The summed E-state index contributed by atoms with van der Waals surface area (Å²) in [6, 6.07) is 3.29. The van der Waals surface area contributed by atoms with Crippen molar-refractivity contribution in [3.8, 4) is 11.5 Å². The third-order valence-corrected chi connectivity index (χ3v) is 11.0. The molecule has 9 atom stereocenters. The number of nitrogens with one attached hydrogen (secondary N) is 1. The predicted molar refractivity (Wildman–Crippen MR) is 177 cm³/mol. The van der Waals surface area contributed by atoms with E-state index in [0.29, 0.717) is 5.52 Å². The van der Waals surface area contributed by atoms with E-state index in [4.69, 9.17) is 15.0 Å². The molecule has 0 bridgehead atoms. The van der Waals surface area contributed by atoms with E-state index in [0.717, 1.165) is 17.5 Å². The molecule has 1 fully saturated rings. The fourth-order valence-corrected chi connectivity index (χ4v) is 7.65. The van der Waals surface area contributed by atoms with Gasteiger partial charge in [0, 0.05) is 0 Å². The van der Waals surface area contributed by atoms with Gasteiger partial charge in [-0.05, 0) is 37.1 Å². The van der Waals surface area contributed by atoms with Gasteiger partial charge in [0.05, 0.1) is 37.1 Å². The Bertz CT molecular complexity index is 2350. The zero-order chi connectivity index (χ0) is 38.6. The second-order valence-electron chi connectivity index (χ2n) is 12.1. The molecule has 3 aromatic rings. The van der Waals surface area contributed by atoms with E-state index >= 15 is 0 Å². The van der Waals surface area contributed by atoms with Crippen LogP contribution in [0.1, 0.15) is 17.4 Å². The monoisotopic (exact) mass is 790 g/mol. The summed E-state index contributed by atoms with van der Waals surface area (Å²) in [5, 5.41) is 53.0. The number of nitrogens with zero attached hydrogens (tertiary/aromatic N) is 7. The Kier molecular flexibility index (Phi) is 10.6. The van der Waals surface area contributed by atoms with Gasteiger partial charge in [0.1, 0.15) is 48.5 Å². The van der Waals surface area contributed by atoms with E-state index < -0.39 is 89.5 Å². The van der Waals surface area contributed by atoms with E-state index in [1.54, 1.807) is 26.0 Å². The summed E-state index contributed by atoms with van der Waals surface area (Å²) in [6.07, 6.45) is -9.93. The Hall–Kier alpha value is -4.13. The standard InChI is InChI=1S/C27H33N9O15P2/c1-10-3-12-13(4-11(10)2)35(24-18(32-12)25(42)34-27(43)33-24)5-14(37)19(39)15(38)6-48-52(44,45)51-53(46,47)49-7-16-20(40)21(41)26(50-16)36-9-31-17-22(28)29-8-30-23(17)36/h3-4,8-9,14-16,19-21,26,37-41H,5-7H2,1-2H3,(H,44,45)(H,46,47)(H2,28,29,30)(H,34,42,43)/t14-,15+,16?,19-,20?,21?,26?/m1/s1/i7+1,16+1,20+1,21+1,26+1. The van der Waals surface area contributed by atoms with Gasteiger partial charge < -0.3 is 50.4 Å². The van der Waals surface area contributed by atoms with Crippen molar-refractivity contribution in [1.82, 2.24) is 39.0 Å². The molecule has 0 radical (unpaired) electrons. The maximum absolute atomic E-state index is 12.5. The molecule has 6 rings (SSSR count). The number of ether oxygens (including phenoxy) is 1. The number of aryl methyl sites for hydroxylation is 2. The highest BCUT2D eigenvalue weighted by Crippen LogP contribution is 2.60. The van der Waals surface area contributed by atoms with Gasteiger partial charge in [-0.1, -0.05) is 0 Å². The number of aliphatic hydroxyl groups excluding tert-OH is 5. The van der Waals surface area contributed by atoms with Crippen LogP contribution in [0.25, 0.3) is 33.7 Å². The molecule has 0 amide bonds. The summed E-state index contributed by atoms with van der Waals surface area (Å²) in [6.45, 7) is 0.795. The first-order chi connectivity index (χ1) is 24.9. The molecule has 0 spiro atoms. The van der Waals surface area contributed by atoms with E-state index in [9.17, 15) is 54.0 Å². The van der Waals surface area contributed by atoms with Gasteiger partial charge in [0.15, 0.2) is 29.2 Å². The highest BCUT2D eigenvalue weighted by Gasteiger charge is 2.46. The third-order valence-electron chi connectivity index (χ3n) is 8.40. The quantitative estimate of drug-likeness (QED) is 0.0340. The van der Waals surface area contributed by atoms with Crippen LogP contribution in [0.4, 0.5) is 5.82 Å². The van der Waals surface area contributed by atoms with Crippen LogP contribution in [0, 0.1) is 13.8 Å². The van der Waals surface area contributed by atoms with E-state index in [1.807, 2.05) is 4.98 Å². The number of phosphoric ester groups is 2. The number of rotatable bonds is 13. The first-order valence-electron chi connectivity index (χ1n) is 15.4. The molecule has 3 aliphatic heterocycles. The van der Waals surface area contributed by atoms with Gasteiger partial charge in [-0.3, -0.25) is 23.4 Å². The topological polar surface area (TPSA) is 363 Å². The Morgan fingerprint density at radius 3 is 2.42 bits per heavy atom. The zero-order valence-corrected chi connectivity index (χ0v) is 29.3. The van der Waals surface area contributed by atoms with Crippen LogP contribution in [0.5, 0.6) is 0 Å². The van der Waals surface area contributed by atoms with Crippen molar-refractivity contribution in [2.45, 2.75) is 63.2 Å². The van der Waals surface area contributed by atoms with Crippen molar-refractivity contribution >= 4 is 43.7 Å². The maximum atomic E-state index is 12.5. The number of aromatic amines is 1. The number of imidazole rings is 1. The Labute approximate surface area is 295 Å². The van der Waals surface area contributed by atoms with Crippen LogP contribution < -0.4 is 17.0 Å². The number of H-pyrrole nitrogens is 1. The second-order valence-corrected chi connectivity index (χ2v) is 15.1. The number of nitrogens with two attached hydrogens (primary N) is 1. The number of anilines is 1. The molecule has 6 unspecified atom stereocenters. The molecule has 0 aliphatic carbocycles. The molecule has 53 heavy (non-hydrogen) atoms. The van der Waals surface area contributed by atoms with Crippen LogP contribution in [0.3, 0.4) is 0 Å². The summed E-state index contributed by atoms with van der Waals surface area (Å²) >= 11 is 0. The number of fused-ring (bicyclic) bond motifs is 3. The second kappa shape index (κ2) is 14.6. The van der Waals surface area contributed by atoms with E-state index in [-0.39, 0.29) is 34.0 Å². The minimum Gasteiger partial charge on any atom is -0.388 e. The SMILES string of the molecule is Cc1cc2nc3c(=O)[nH]c(=O)nc-3n(C[C@@H](O)[C@@H](O)[C@@H](O)COP(=O)(O)OP(=O)(O)O[13CH2][13CH]3O[13CH](n4cnc5c(N)ncnc54)[13CH](O)[13CH]3O)c2cc1C. The minimum atomic E-state index is -5.54. The van der Waals surface area contributed by atoms with Crippen LogP contribution in [0.2, 0.25) is 0 Å². The van der Waals surface area contributed by atoms with Crippen molar-refractivity contribution < 1.29 is 62.5 Å². The van der Waals surface area contributed by atoms with Crippen LogP contribution in [-0.4, -0.2) is 124 Å². The highest BCUT2D eigenvalue weighted by molar-refractivity contribution is 7.61. The Morgan fingerprint density at radius 2 is 1.68 bits per heavy atom. The molecule has 1 aromatic carbocycles. The highest BCUT2D eigenvalue weighted by atomic mass is 31.3. The lowest BCUT2D eigenvalue weighted by Crippen LogP contribution is -2.42. The summed E-state index contributed by atoms with van der Waals surface area (Å²) in [5.41, 5.74) is 6.11. The number of hydrogen-bond acceptors (Lipinski definition) is 19. The normalized spacial score (nSPS) is 23.3. The number of benzene rings is 1. The lowest BCUT2D eigenvalue weighted by atomic mass is 10.1. The van der Waals surface area contributed by atoms with Gasteiger partial charge >= 0.3 is 21.3 Å². The number of nitrogen functional groups attached to an aromatic ring is 1. The smallest absolute Gasteiger partial charge is 0.388 e. The lowest BCUT2D eigenvalue weighted by molar-refractivity contribution is -0.0794. The Balaban J connectivity index is 1.07.